The van der Waals surface area contributed by atoms with E-state index in [1.807, 2.05) is 44.2 Å². The van der Waals surface area contributed by atoms with Crippen LogP contribution in [0.25, 0.3) is 0 Å². The van der Waals surface area contributed by atoms with Crippen molar-refractivity contribution in [2.24, 2.45) is 5.73 Å². The highest BCUT2D eigenvalue weighted by molar-refractivity contribution is 8.00. The molecule has 0 bridgehead atoms. The number of carbonyl (C=O) groups is 1. The summed E-state index contributed by atoms with van der Waals surface area (Å²) in [5, 5.41) is -0.535. The molecule has 19 heavy (non-hydrogen) atoms. The van der Waals surface area contributed by atoms with Crippen molar-refractivity contribution in [3.05, 3.63) is 30.3 Å². The number of thioether (sulfide) groups is 1. The van der Waals surface area contributed by atoms with Crippen LogP contribution in [0, 0.1) is 0 Å². The molecule has 1 heterocycles. The Labute approximate surface area is 117 Å². The van der Waals surface area contributed by atoms with Crippen LogP contribution < -0.4 is 5.73 Å². The van der Waals surface area contributed by atoms with Crippen molar-refractivity contribution >= 4 is 17.7 Å². The zero-order valence-electron chi connectivity index (χ0n) is 11.1. The minimum Gasteiger partial charge on any atom is -0.369 e. The summed E-state index contributed by atoms with van der Waals surface area (Å²) < 4.78 is 11.4. The Morgan fingerprint density at radius 3 is 2.37 bits per heavy atom. The van der Waals surface area contributed by atoms with Crippen LogP contribution in [0.4, 0.5) is 0 Å². The summed E-state index contributed by atoms with van der Waals surface area (Å²) in [6.45, 7) is 3.97. The zero-order valence-corrected chi connectivity index (χ0v) is 11.9. The third-order valence-electron chi connectivity index (χ3n) is 2.93. The van der Waals surface area contributed by atoms with Crippen LogP contribution in [0.1, 0.15) is 20.3 Å². The average molecular weight is 281 g/mol. The largest absolute Gasteiger partial charge is 0.369 e. The van der Waals surface area contributed by atoms with E-state index in [1.54, 1.807) is 0 Å². The fourth-order valence-electron chi connectivity index (χ4n) is 2.10. The van der Waals surface area contributed by atoms with Crippen molar-refractivity contribution in [1.29, 1.82) is 0 Å². The van der Waals surface area contributed by atoms with Crippen molar-refractivity contribution in [1.82, 2.24) is 0 Å². The van der Waals surface area contributed by atoms with Gasteiger partial charge in [0.05, 0.1) is 12.2 Å². The molecular weight excluding hydrogens is 262 g/mol. The highest BCUT2D eigenvalue weighted by atomic mass is 32.2. The molecule has 1 fully saturated rings. The van der Waals surface area contributed by atoms with Crippen LogP contribution in [0.2, 0.25) is 0 Å². The Morgan fingerprint density at radius 2 is 1.84 bits per heavy atom. The molecule has 1 unspecified atom stereocenters. The molecule has 0 spiro atoms. The molecule has 1 saturated heterocycles. The molecule has 1 aliphatic rings. The summed E-state index contributed by atoms with van der Waals surface area (Å²) >= 11 is 1.38. The van der Waals surface area contributed by atoms with E-state index >= 15 is 0 Å². The normalized spacial score (nSPS) is 28.8. The van der Waals surface area contributed by atoms with Gasteiger partial charge in [-0.05, 0) is 32.4 Å². The predicted molar refractivity (Wildman–Crippen MR) is 74.8 cm³/mol. The first-order valence-corrected chi connectivity index (χ1v) is 7.26. The maximum absolute atomic E-state index is 11.7. The summed E-state index contributed by atoms with van der Waals surface area (Å²) in [5.74, 6) is -0.417. The van der Waals surface area contributed by atoms with E-state index in [2.05, 4.69) is 0 Å². The monoisotopic (exact) mass is 281 g/mol. The average Bonchev–Trinajstić information content (AvgIpc) is 2.35. The molecule has 4 nitrogen and oxygen atoms in total. The third-order valence-corrected chi connectivity index (χ3v) is 4.18. The zero-order chi connectivity index (χ0) is 13.8. The second-order valence-electron chi connectivity index (χ2n) is 4.75. The lowest BCUT2D eigenvalue weighted by Crippen LogP contribution is -2.46. The number of hydrogen-bond acceptors (Lipinski definition) is 4. The molecule has 0 aliphatic carbocycles. The standard InChI is InChI=1S/C14H19NO3S/c1-9-8-10(2)18-14(17-9)12(13(15)16)19-11-6-4-3-5-7-11/h3-7,9-10,12,14H,8H2,1-2H3,(H2,15,16)/t9-,10-,12?/m1/s1. The number of benzene rings is 1. The lowest BCUT2D eigenvalue weighted by Gasteiger charge is -2.35. The molecule has 1 aromatic rings. The van der Waals surface area contributed by atoms with Gasteiger partial charge in [0, 0.05) is 4.90 Å². The molecule has 2 rings (SSSR count). The first kappa shape index (κ1) is 14.4. The summed E-state index contributed by atoms with van der Waals surface area (Å²) in [4.78, 5) is 12.6. The molecule has 3 atom stereocenters. The van der Waals surface area contributed by atoms with Crippen molar-refractivity contribution < 1.29 is 14.3 Å². The molecule has 1 amide bonds. The molecule has 2 N–H and O–H groups in total. The summed E-state index contributed by atoms with van der Waals surface area (Å²) in [5.41, 5.74) is 5.49. The number of ether oxygens (including phenoxy) is 2. The molecule has 1 aliphatic heterocycles. The Bertz CT molecular complexity index is 416. The minimum atomic E-state index is -0.582. The van der Waals surface area contributed by atoms with E-state index < -0.39 is 17.4 Å². The van der Waals surface area contributed by atoms with Gasteiger partial charge in [-0.1, -0.05) is 18.2 Å². The number of nitrogens with two attached hydrogens (primary N) is 1. The van der Waals surface area contributed by atoms with Gasteiger partial charge in [-0.15, -0.1) is 11.8 Å². The maximum Gasteiger partial charge on any atom is 0.236 e. The first-order valence-electron chi connectivity index (χ1n) is 6.38. The van der Waals surface area contributed by atoms with Crippen LogP contribution in [0.3, 0.4) is 0 Å². The number of rotatable bonds is 4. The highest BCUT2D eigenvalue weighted by Crippen LogP contribution is 2.31. The molecule has 1 aromatic carbocycles. The van der Waals surface area contributed by atoms with E-state index in [0.29, 0.717) is 0 Å². The second-order valence-corrected chi connectivity index (χ2v) is 5.97. The van der Waals surface area contributed by atoms with Crippen LogP contribution >= 0.6 is 11.8 Å². The van der Waals surface area contributed by atoms with E-state index in [-0.39, 0.29) is 12.2 Å². The first-order chi connectivity index (χ1) is 9.06. The lowest BCUT2D eigenvalue weighted by atomic mass is 10.1. The van der Waals surface area contributed by atoms with Gasteiger partial charge < -0.3 is 15.2 Å². The van der Waals surface area contributed by atoms with Gasteiger partial charge in [0.25, 0.3) is 0 Å². The molecule has 0 saturated carbocycles. The molecule has 0 aromatic heterocycles. The van der Waals surface area contributed by atoms with Gasteiger partial charge in [0.2, 0.25) is 5.91 Å². The topological polar surface area (TPSA) is 61.5 Å². The lowest BCUT2D eigenvalue weighted by molar-refractivity contribution is -0.231. The Kier molecular flexibility index (Phi) is 4.85. The van der Waals surface area contributed by atoms with Crippen LogP contribution in [0.15, 0.2) is 35.2 Å². The van der Waals surface area contributed by atoms with Gasteiger partial charge in [-0.25, -0.2) is 0 Å². The number of hydrogen-bond donors (Lipinski definition) is 1. The third kappa shape index (κ3) is 3.96. The molecule has 5 heteroatoms. The van der Waals surface area contributed by atoms with Crippen molar-refractivity contribution in [3.8, 4) is 0 Å². The maximum atomic E-state index is 11.7. The van der Waals surface area contributed by atoms with E-state index in [0.717, 1.165) is 11.3 Å². The van der Waals surface area contributed by atoms with Crippen LogP contribution in [-0.4, -0.2) is 29.7 Å². The summed E-state index contributed by atoms with van der Waals surface area (Å²) in [7, 11) is 0. The van der Waals surface area contributed by atoms with Gasteiger partial charge >= 0.3 is 0 Å². The van der Waals surface area contributed by atoms with E-state index in [1.165, 1.54) is 11.8 Å². The van der Waals surface area contributed by atoms with E-state index in [4.69, 9.17) is 15.2 Å². The molecule has 0 radical (unpaired) electrons. The minimum absolute atomic E-state index is 0.0759. The quantitative estimate of drug-likeness (QED) is 0.859. The highest BCUT2D eigenvalue weighted by Gasteiger charge is 2.35. The van der Waals surface area contributed by atoms with Crippen LogP contribution in [0.5, 0.6) is 0 Å². The summed E-state index contributed by atoms with van der Waals surface area (Å²) in [6, 6.07) is 9.66. The van der Waals surface area contributed by atoms with Gasteiger partial charge in [-0.3, -0.25) is 4.79 Å². The van der Waals surface area contributed by atoms with Crippen molar-refractivity contribution in [3.63, 3.8) is 0 Å². The number of amides is 1. The molecule has 104 valence electrons. The predicted octanol–water partition coefficient (Wildman–Crippen LogP) is 2.17. The van der Waals surface area contributed by atoms with Crippen molar-refractivity contribution in [2.45, 2.75) is 48.9 Å². The number of carbonyl (C=O) groups excluding carboxylic acids is 1. The Hall–Kier alpha value is -1.04. The SMILES string of the molecule is C[C@@H]1C[C@@H](C)OC(C(Sc2ccccc2)C(N)=O)O1. The van der Waals surface area contributed by atoms with Gasteiger partial charge in [0.1, 0.15) is 5.25 Å². The summed E-state index contributed by atoms with van der Waals surface area (Å²) in [6.07, 6.45) is 0.401. The fourth-order valence-corrected chi connectivity index (χ4v) is 3.07. The van der Waals surface area contributed by atoms with Crippen LogP contribution in [-0.2, 0) is 14.3 Å². The smallest absolute Gasteiger partial charge is 0.236 e. The fraction of sp³-hybridized carbons (Fsp3) is 0.500. The Balaban J connectivity index is 2.09. The number of primary amides is 1. The molecular formula is C14H19NO3S. The van der Waals surface area contributed by atoms with E-state index in [9.17, 15) is 4.79 Å². The Morgan fingerprint density at radius 1 is 1.26 bits per heavy atom. The van der Waals surface area contributed by atoms with Gasteiger partial charge in [0.15, 0.2) is 6.29 Å². The second kappa shape index (κ2) is 6.41. The van der Waals surface area contributed by atoms with Crippen molar-refractivity contribution in [2.75, 3.05) is 0 Å². The van der Waals surface area contributed by atoms with Gasteiger partial charge in [-0.2, -0.15) is 0 Å².